The Morgan fingerprint density at radius 1 is 0.769 bits per heavy atom. The molecule has 0 aliphatic heterocycles. The third-order valence-corrected chi connectivity index (χ3v) is 3.96. The molecule has 0 saturated heterocycles. The average Bonchev–Trinajstić information content (AvgIpc) is 2.68. The van der Waals surface area contributed by atoms with Crippen LogP contribution in [0, 0.1) is 6.92 Å². The second-order valence-electron chi connectivity index (χ2n) is 6.02. The molecule has 4 heteroatoms. The molecule has 0 heterocycles. The minimum atomic E-state index is -0.869. The number of Topliss-reactive ketones (excluding diaryl/α,β-unsaturated/α-hetero) is 1. The summed E-state index contributed by atoms with van der Waals surface area (Å²) in [7, 11) is 0. The summed E-state index contributed by atoms with van der Waals surface area (Å²) in [6.07, 6.45) is -0.869. The normalized spacial score (nSPS) is 11.4. The van der Waals surface area contributed by atoms with E-state index in [4.69, 9.17) is 0 Å². The van der Waals surface area contributed by atoms with E-state index in [0.717, 1.165) is 11.3 Å². The van der Waals surface area contributed by atoms with Gasteiger partial charge in [0, 0.05) is 16.8 Å². The number of anilines is 1. The van der Waals surface area contributed by atoms with Crippen LogP contribution in [0.2, 0.25) is 0 Å². The summed E-state index contributed by atoms with van der Waals surface area (Å²) in [5.41, 5.74) is 2.87. The molecule has 0 spiro atoms. The van der Waals surface area contributed by atoms with Gasteiger partial charge in [0.2, 0.25) is 5.78 Å². The zero-order valence-electron chi connectivity index (χ0n) is 14.5. The maximum atomic E-state index is 12.9. The Labute approximate surface area is 152 Å². The second kappa shape index (κ2) is 8.12. The van der Waals surface area contributed by atoms with Crippen LogP contribution in [0.5, 0.6) is 0 Å². The van der Waals surface area contributed by atoms with E-state index in [-0.39, 0.29) is 11.7 Å². The first-order valence-electron chi connectivity index (χ1n) is 8.42. The van der Waals surface area contributed by atoms with Crippen LogP contribution in [0.15, 0.2) is 84.9 Å². The number of carbonyl (C=O) groups excluding carboxylic acids is 2. The number of hydrogen-bond acceptors (Lipinski definition) is 3. The van der Waals surface area contributed by atoms with Crippen molar-refractivity contribution in [3.05, 3.63) is 102 Å². The fourth-order valence-corrected chi connectivity index (χ4v) is 2.64. The van der Waals surface area contributed by atoms with Gasteiger partial charge in [-0.2, -0.15) is 0 Å². The topological polar surface area (TPSA) is 58.2 Å². The number of amides is 1. The molecule has 3 aromatic carbocycles. The van der Waals surface area contributed by atoms with Crippen molar-refractivity contribution in [1.82, 2.24) is 5.32 Å². The Balaban J connectivity index is 1.85. The van der Waals surface area contributed by atoms with E-state index in [1.54, 1.807) is 48.5 Å². The van der Waals surface area contributed by atoms with E-state index in [0.29, 0.717) is 11.1 Å². The molecule has 0 radical (unpaired) electrons. The fraction of sp³-hybridized carbons (Fsp3) is 0.0909. The van der Waals surface area contributed by atoms with Gasteiger partial charge in [-0.05, 0) is 36.8 Å². The summed E-state index contributed by atoms with van der Waals surface area (Å²) in [6.45, 7) is 1.97. The van der Waals surface area contributed by atoms with Gasteiger partial charge in [-0.3, -0.25) is 9.59 Å². The zero-order chi connectivity index (χ0) is 18.4. The predicted octanol–water partition coefficient (Wildman–Crippen LogP) is 4.05. The number of rotatable bonds is 6. The molecular formula is C22H20N2O2. The van der Waals surface area contributed by atoms with Crippen molar-refractivity contribution < 1.29 is 9.59 Å². The van der Waals surface area contributed by atoms with Crippen molar-refractivity contribution in [2.24, 2.45) is 0 Å². The smallest absolute Gasteiger partial charge is 0.253 e. The third-order valence-electron chi connectivity index (χ3n) is 3.96. The Morgan fingerprint density at radius 2 is 1.38 bits per heavy atom. The lowest BCUT2D eigenvalue weighted by Crippen LogP contribution is -2.46. The molecule has 0 bridgehead atoms. The van der Waals surface area contributed by atoms with Crippen molar-refractivity contribution >= 4 is 17.4 Å². The lowest BCUT2D eigenvalue weighted by molar-refractivity contribution is 0.0869. The number of hydrogen-bond donors (Lipinski definition) is 2. The Bertz CT molecular complexity index is 892. The summed E-state index contributed by atoms with van der Waals surface area (Å²) >= 11 is 0. The Morgan fingerprint density at radius 3 is 2.00 bits per heavy atom. The molecule has 0 saturated carbocycles. The van der Waals surface area contributed by atoms with Crippen LogP contribution in [-0.2, 0) is 0 Å². The third kappa shape index (κ3) is 4.36. The highest BCUT2D eigenvalue weighted by atomic mass is 16.2. The van der Waals surface area contributed by atoms with Gasteiger partial charge >= 0.3 is 0 Å². The van der Waals surface area contributed by atoms with E-state index < -0.39 is 6.17 Å². The Kier molecular flexibility index (Phi) is 5.44. The number of aryl methyl sites for hydroxylation is 1. The van der Waals surface area contributed by atoms with Crippen LogP contribution in [0.25, 0.3) is 0 Å². The van der Waals surface area contributed by atoms with E-state index in [1.807, 2.05) is 43.3 Å². The molecule has 3 rings (SSSR count). The predicted molar refractivity (Wildman–Crippen MR) is 103 cm³/mol. The molecule has 26 heavy (non-hydrogen) atoms. The zero-order valence-corrected chi connectivity index (χ0v) is 14.5. The highest BCUT2D eigenvalue weighted by Gasteiger charge is 2.22. The molecule has 0 unspecified atom stereocenters. The molecule has 1 atom stereocenters. The molecule has 0 aromatic heterocycles. The van der Waals surface area contributed by atoms with Gasteiger partial charge in [0.25, 0.3) is 5.91 Å². The summed E-state index contributed by atoms with van der Waals surface area (Å²) in [4.78, 5) is 25.5. The minimum absolute atomic E-state index is 0.198. The van der Waals surface area contributed by atoms with E-state index in [1.165, 1.54) is 0 Å². The highest BCUT2D eigenvalue weighted by molar-refractivity contribution is 6.05. The summed E-state index contributed by atoms with van der Waals surface area (Å²) in [5, 5.41) is 5.94. The van der Waals surface area contributed by atoms with Crippen molar-refractivity contribution in [2.45, 2.75) is 13.1 Å². The van der Waals surface area contributed by atoms with Crippen LogP contribution in [0.3, 0.4) is 0 Å². The summed E-state index contributed by atoms with van der Waals surface area (Å²) in [6, 6.07) is 25.5. The van der Waals surface area contributed by atoms with Gasteiger partial charge in [0.15, 0.2) is 6.17 Å². The maximum absolute atomic E-state index is 12.9. The first-order valence-corrected chi connectivity index (χ1v) is 8.42. The van der Waals surface area contributed by atoms with Crippen LogP contribution in [0.4, 0.5) is 5.69 Å². The Hall–Kier alpha value is -3.40. The van der Waals surface area contributed by atoms with Gasteiger partial charge < -0.3 is 10.6 Å². The molecule has 4 nitrogen and oxygen atoms in total. The first-order chi connectivity index (χ1) is 12.6. The molecule has 0 aliphatic rings. The van der Waals surface area contributed by atoms with Gasteiger partial charge in [-0.1, -0.05) is 60.7 Å². The molecular weight excluding hydrogens is 324 g/mol. The molecule has 0 aliphatic carbocycles. The molecule has 1 amide bonds. The van der Waals surface area contributed by atoms with Crippen LogP contribution in [0.1, 0.15) is 26.3 Å². The SMILES string of the molecule is Cc1cccc(N[C@H](NC(=O)c2ccccc2)C(=O)c2ccccc2)c1. The van der Waals surface area contributed by atoms with E-state index in [9.17, 15) is 9.59 Å². The quantitative estimate of drug-likeness (QED) is 0.524. The van der Waals surface area contributed by atoms with Crippen LogP contribution >= 0.6 is 0 Å². The molecule has 2 N–H and O–H groups in total. The van der Waals surface area contributed by atoms with Gasteiger partial charge in [0.05, 0.1) is 0 Å². The second-order valence-corrected chi connectivity index (χ2v) is 6.02. The number of benzene rings is 3. The van der Waals surface area contributed by atoms with E-state index in [2.05, 4.69) is 10.6 Å². The van der Waals surface area contributed by atoms with Gasteiger partial charge in [-0.15, -0.1) is 0 Å². The summed E-state index contributed by atoms with van der Waals surface area (Å²) in [5.74, 6) is -0.503. The number of carbonyl (C=O) groups is 2. The van der Waals surface area contributed by atoms with Crippen LogP contribution in [-0.4, -0.2) is 17.9 Å². The largest absolute Gasteiger partial charge is 0.359 e. The molecule has 130 valence electrons. The van der Waals surface area contributed by atoms with Gasteiger partial charge in [0.1, 0.15) is 0 Å². The average molecular weight is 344 g/mol. The van der Waals surface area contributed by atoms with Crippen LogP contribution < -0.4 is 10.6 Å². The lowest BCUT2D eigenvalue weighted by atomic mass is 10.1. The van der Waals surface area contributed by atoms with E-state index >= 15 is 0 Å². The number of ketones is 1. The summed E-state index contributed by atoms with van der Waals surface area (Å²) < 4.78 is 0. The lowest BCUT2D eigenvalue weighted by Gasteiger charge is -2.21. The maximum Gasteiger partial charge on any atom is 0.253 e. The number of nitrogens with one attached hydrogen (secondary N) is 2. The van der Waals surface area contributed by atoms with Crippen molar-refractivity contribution in [3.63, 3.8) is 0 Å². The monoisotopic (exact) mass is 344 g/mol. The molecule has 3 aromatic rings. The standard InChI is InChI=1S/C22H20N2O2/c1-16-9-8-14-19(15-16)23-21(20(25)17-10-4-2-5-11-17)24-22(26)18-12-6-3-7-13-18/h2-15,21,23H,1H3,(H,24,26)/t21-/m1/s1. The molecule has 0 fully saturated rings. The van der Waals surface area contributed by atoms with Crippen molar-refractivity contribution in [3.8, 4) is 0 Å². The van der Waals surface area contributed by atoms with Crippen molar-refractivity contribution in [2.75, 3.05) is 5.32 Å². The fourth-order valence-electron chi connectivity index (χ4n) is 2.64. The van der Waals surface area contributed by atoms with Gasteiger partial charge in [-0.25, -0.2) is 0 Å². The minimum Gasteiger partial charge on any atom is -0.359 e. The van der Waals surface area contributed by atoms with Crippen molar-refractivity contribution in [1.29, 1.82) is 0 Å². The highest BCUT2D eigenvalue weighted by Crippen LogP contribution is 2.13. The first kappa shape index (κ1) is 17.4.